The van der Waals surface area contributed by atoms with Gasteiger partial charge in [-0.3, -0.25) is 0 Å². The number of rotatable bonds is 6. The number of pyridine rings is 3. The van der Waals surface area contributed by atoms with Gasteiger partial charge in [0.2, 0.25) is 5.88 Å². The maximum Gasteiger partial charge on any atom is 0.340 e. The lowest BCUT2D eigenvalue weighted by Gasteiger charge is -2.27. The van der Waals surface area contributed by atoms with Gasteiger partial charge in [-0.1, -0.05) is 6.92 Å². The number of nitrogens with two attached hydrogens (primary N) is 1. The number of aromatic nitrogens is 3. The molecule has 3 N–H and O–H groups in total. The molecule has 1 unspecified atom stereocenters. The molecule has 0 fully saturated rings. The summed E-state index contributed by atoms with van der Waals surface area (Å²) in [5.41, 5.74) is 7.77. The molecule has 168 valence electrons. The van der Waals surface area contributed by atoms with Gasteiger partial charge in [-0.05, 0) is 37.4 Å². The summed E-state index contributed by atoms with van der Waals surface area (Å²) >= 11 is 0. The second-order valence-electron chi connectivity index (χ2n) is 8.30. The Morgan fingerprint density at radius 1 is 1.16 bits per heavy atom. The van der Waals surface area contributed by atoms with Crippen LogP contribution in [0.1, 0.15) is 48.3 Å². The largest absolute Gasteiger partial charge is 0.481 e. The lowest BCUT2D eigenvalue weighted by atomic mass is 9.91. The molecule has 3 atom stereocenters. The monoisotopic (exact) mass is 437 g/mol. The van der Waals surface area contributed by atoms with Crippen LogP contribution in [0.15, 0.2) is 30.6 Å². The molecule has 4 rings (SSSR count). The Morgan fingerprint density at radius 2 is 1.94 bits per heavy atom. The van der Waals surface area contributed by atoms with Crippen LogP contribution in [-0.4, -0.2) is 47.9 Å². The van der Waals surface area contributed by atoms with Crippen LogP contribution >= 0.6 is 0 Å². The van der Waals surface area contributed by atoms with Crippen LogP contribution in [0.2, 0.25) is 0 Å². The summed E-state index contributed by atoms with van der Waals surface area (Å²) in [5.74, 6) is 1.26. The summed E-state index contributed by atoms with van der Waals surface area (Å²) in [4.78, 5) is 25.7. The zero-order chi connectivity index (χ0) is 23.0. The second-order valence-corrected chi connectivity index (χ2v) is 8.30. The van der Waals surface area contributed by atoms with Gasteiger partial charge < -0.3 is 25.3 Å². The van der Waals surface area contributed by atoms with Crippen molar-refractivity contribution in [3.8, 4) is 5.88 Å². The number of cyclic esters (lactones) is 1. The van der Waals surface area contributed by atoms with Gasteiger partial charge in [-0.2, -0.15) is 0 Å². The minimum Gasteiger partial charge on any atom is -0.481 e. The Kier molecular flexibility index (Phi) is 5.70. The first-order chi connectivity index (χ1) is 15.2. The molecule has 1 aliphatic rings. The highest BCUT2D eigenvalue weighted by Gasteiger charge is 2.31. The highest BCUT2D eigenvalue weighted by atomic mass is 16.5. The molecule has 0 amide bonds. The maximum absolute atomic E-state index is 12.2. The number of anilines is 2. The molecule has 0 spiro atoms. The Hall–Kier alpha value is -3.30. The van der Waals surface area contributed by atoms with Crippen LogP contribution in [0.5, 0.6) is 5.88 Å². The van der Waals surface area contributed by atoms with E-state index in [0.717, 1.165) is 16.3 Å². The number of fused-ring (bicyclic) bond motifs is 2. The zero-order valence-corrected chi connectivity index (χ0v) is 18.8. The van der Waals surface area contributed by atoms with Gasteiger partial charge in [0.25, 0.3) is 0 Å². The second kappa shape index (κ2) is 8.33. The fourth-order valence-electron chi connectivity index (χ4n) is 3.93. The molecule has 0 bridgehead atoms. The number of carbonyl (C=O) groups is 1. The van der Waals surface area contributed by atoms with Crippen LogP contribution in [-0.2, 0) is 15.0 Å². The van der Waals surface area contributed by atoms with Crippen molar-refractivity contribution in [2.45, 2.75) is 38.3 Å². The van der Waals surface area contributed by atoms with Gasteiger partial charge in [0.15, 0.2) is 0 Å². The first-order valence-electron chi connectivity index (χ1n) is 10.3. The van der Waals surface area contributed by atoms with Crippen molar-refractivity contribution in [3.63, 3.8) is 0 Å². The van der Waals surface area contributed by atoms with E-state index >= 15 is 0 Å². The number of methoxy groups -OCH3 is 2. The average molecular weight is 438 g/mol. The number of nitrogens with zero attached hydrogens (tertiary/aromatic N) is 3. The molecule has 0 aromatic carbocycles. The normalized spacial score (nSPS) is 19.8. The van der Waals surface area contributed by atoms with E-state index < -0.39 is 5.54 Å². The Labute approximate surface area is 186 Å². The topological polar surface area (TPSA) is 121 Å². The maximum atomic E-state index is 12.2. The van der Waals surface area contributed by atoms with Crippen molar-refractivity contribution in [1.82, 2.24) is 15.0 Å². The SMILES string of the molecule is COCC(C)(N)c1cnc(OC)c2cnc(Nc3ccc4c(n3)[C@@H](C)[C@H](C)OC4=O)cc12. The molecule has 9 nitrogen and oxygen atoms in total. The predicted molar refractivity (Wildman–Crippen MR) is 120 cm³/mol. The van der Waals surface area contributed by atoms with Crippen LogP contribution < -0.4 is 15.8 Å². The highest BCUT2D eigenvalue weighted by Crippen LogP contribution is 2.34. The lowest BCUT2D eigenvalue weighted by Crippen LogP contribution is -2.38. The van der Waals surface area contributed by atoms with E-state index in [2.05, 4.69) is 20.3 Å². The van der Waals surface area contributed by atoms with E-state index in [0.29, 0.717) is 35.4 Å². The molecule has 32 heavy (non-hydrogen) atoms. The zero-order valence-electron chi connectivity index (χ0n) is 18.8. The lowest BCUT2D eigenvalue weighted by molar-refractivity contribution is 0.0235. The molecular weight excluding hydrogens is 410 g/mol. The van der Waals surface area contributed by atoms with Crippen molar-refractivity contribution >= 4 is 28.4 Å². The van der Waals surface area contributed by atoms with E-state index in [1.807, 2.05) is 26.8 Å². The molecule has 1 aliphatic heterocycles. The Balaban J connectivity index is 1.75. The summed E-state index contributed by atoms with van der Waals surface area (Å²) in [6, 6.07) is 5.35. The molecule has 0 aliphatic carbocycles. The third kappa shape index (κ3) is 3.85. The summed E-state index contributed by atoms with van der Waals surface area (Å²) in [6.07, 6.45) is 3.16. The fourth-order valence-corrected chi connectivity index (χ4v) is 3.93. The van der Waals surface area contributed by atoms with Crippen LogP contribution in [0, 0.1) is 0 Å². The predicted octanol–water partition coefficient (Wildman–Crippen LogP) is 3.26. The van der Waals surface area contributed by atoms with E-state index in [1.54, 1.807) is 38.7 Å². The standard InChI is InChI=1S/C23H27N5O4/c1-12-13(2)32-22(29)14-6-7-18(28-20(12)14)27-19-8-15-16(9-25-19)21(31-5)26-10-17(15)23(3,24)11-30-4/h6-10,12-13H,11,24H2,1-5H3,(H,25,27,28)/t12-,13-,23?/m0/s1. The summed E-state index contributed by atoms with van der Waals surface area (Å²) in [5, 5.41) is 4.83. The fraction of sp³-hybridized carbons (Fsp3) is 0.391. The van der Waals surface area contributed by atoms with E-state index in [1.165, 1.54) is 0 Å². The number of nitrogens with one attached hydrogen (secondary N) is 1. The third-order valence-electron chi connectivity index (χ3n) is 5.82. The van der Waals surface area contributed by atoms with Crippen molar-refractivity contribution in [2.24, 2.45) is 5.73 Å². The molecule has 4 heterocycles. The summed E-state index contributed by atoms with van der Waals surface area (Å²) in [7, 11) is 3.17. The minimum atomic E-state index is -0.763. The number of carbonyl (C=O) groups excluding carboxylic acids is 1. The third-order valence-corrected chi connectivity index (χ3v) is 5.82. The first kappa shape index (κ1) is 21.9. The van der Waals surface area contributed by atoms with Crippen molar-refractivity contribution in [1.29, 1.82) is 0 Å². The van der Waals surface area contributed by atoms with E-state index in [-0.39, 0.29) is 18.0 Å². The van der Waals surface area contributed by atoms with Crippen molar-refractivity contribution in [2.75, 3.05) is 26.1 Å². The molecule has 0 radical (unpaired) electrons. The molecule has 9 heteroatoms. The van der Waals surface area contributed by atoms with Crippen molar-refractivity contribution < 1.29 is 19.0 Å². The van der Waals surface area contributed by atoms with Crippen LogP contribution in [0.25, 0.3) is 10.8 Å². The number of esters is 1. The number of hydrogen-bond donors (Lipinski definition) is 2. The molecule has 0 saturated carbocycles. The Morgan fingerprint density at radius 3 is 2.66 bits per heavy atom. The molecule has 0 saturated heterocycles. The summed E-state index contributed by atoms with van der Waals surface area (Å²) < 4.78 is 16.1. The molecule has 3 aromatic rings. The number of ether oxygens (including phenoxy) is 3. The van der Waals surface area contributed by atoms with Gasteiger partial charge in [0.1, 0.15) is 17.7 Å². The van der Waals surface area contributed by atoms with Gasteiger partial charge in [0, 0.05) is 31.0 Å². The average Bonchev–Trinajstić information content (AvgIpc) is 2.76. The van der Waals surface area contributed by atoms with E-state index in [4.69, 9.17) is 19.9 Å². The smallest absolute Gasteiger partial charge is 0.340 e. The van der Waals surface area contributed by atoms with Gasteiger partial charge in [-0.15, -0.1) is 0 Å². The molecule has 3 aromatic heterocycles. The van der Waals surface area contributed by atoms with Crippen molar-refractivity contribution in [3.05, 3.63) is 47.4 Å². The van der Waals surface area contributed by atoms with Gasteiger partial charge in [0.05, 0.1) is 35.9 Å². The summed E-state index contributed by atoms with van der Waals surface area (Å²) in [6.45, 7) is 6.06. The van der Waals surface area contributed by atoms with Crippen LogP contribution in [0.3, 0.4) is 0 Å². The Bertz CT molecular complexity index is 1180. The van der Waals surface area contributed by atoms with Gasteiger partial charge in [-0.25, -0.2) is 19.7 Å². The van der Waals surface area contributed by atoms with E-state index in [9.17, 15) is 4.79 Å². The van der Waals surface area contributed by atoms with Crippen LogP contribution in [0.4, 0.5) is 11.6 Å². The number of hydrogen-bond acceptors (Lipinski definition) is 9. The first-order valence-corrected chi connectivity index (χ1v) is 10.3. The quantitative estimate of drug-likeness (QED) is 0.560. The van der Waals surface area contributed by atoms with Gasteiger partial charge >= 0.3 is 5.97 Å². The molecular formula is C23H27N5O4. The minimum absolute atomic E-state index is 0.0112. The highest BCUT2D eigenvalue weighted by molar-refractivity contribution is 5.93.